The van der Waals surface area contributed by atoms with Crippen LogP contribution in [0.3, 0.4) is 0 Å². The Labute approximate surface area is 115 Å². The lowest BCUT2D eigenvalue weighted by atomic mass is 10.3. The van der Waals surface area contributed by atoms with Gasteiger partial charge in [0.15, 0.2) is 0 Å². The largest absolute Gasteiger partial charge is 0.395 e. The molecule has 1 aromatic carbocycles. The number of hydrogen-bond donors (Lipinski definition) is 2. The third-order valence-corrected chi connectivity index (χ3v) is 2.90. The van der Waals surface area contributed by atoms with Gasteiger partial charge >= 0.3 is 6.03 Å². The van der Waals surface area contributed by atoms with E-state index >= 15 is 0 Å². The minimum absolute atomic E-state index is 0.0141. The van der Waals surface area contributed by atoms with Gasteiger partial charge in [0, 0.05) is 22.3 Å². The van der Waals surface area contributed by atoms with Crippen LogP contribution in [-0.4, -0.2) is 35.7 Å². The number of urea groups is 1. The van der Waals surface area contributed by atoms with E-state index in [0.717, 1.165) is 15.7 Å². The number of rotatable bonds is 5. The summed E-state index contributed by atoms with van der Waals surface area (Å²) in [6.07, 6.45) is 0.875. The average molecular weight is 348 g/mol. The Morgan fingerprint density at radius 2 is 2.24 bits per heavy atom. The molecule has 0 saturated heterocycles. The van der Waals surface area contributed by atoms with Crippen LogP contribution in [0.1, 0.15) is 13.3 Å². The summed E-state index contributed by atoms with van der Waals surface area (Å²) in [5.74, 6) is 0. The van der Waals surface area contributed by atoms with Crippen molar-refractivity contribution in [1.29, 1.82) is 0 Å². The van der Waals surface area contributed by atoms with Gasteiger partial charge in [0.2, 0.25) is 0 Å². The molecule has 0 saturated carbocycles. The molecule has 94 valence electrons. The van der Waals surface area contributed by atoms with Crippen molar-refractivity contribution in [2.24, 2.45) is 0 Å². The summed E-state index contributed by atoms with van der Waals surface area (Å²) in [5.41, 5.74) is 0.779. The van der Waals surface area contributed by atoms with E-state index in [1.54, 1.807) is 4.90 Å². The highest BCUT2D eigenvalue weighted by atomic mass is 127. The van der Waals surface area contributed by atoms with Crippen molar-refractivity contribution < 1.29 is 9.90 Å². The Bertz CT molecular complexity index is 365. The van der Waals surface area contributed by atoms with Crippen LogP contribution >= 0.6 is 22.6 Å². The highest BCUT2D eigenvalue weighted by molar-refractivity contribution is 14.1. The molecule has 2 amide bonds. The van der Waals surface area contributed by atoms with Crippen molar-refractivity contribution in [3.05, 3.63) is 27.8 Å². The highest BCUT2D eigenvalue weighted by Gasteiger charge is 2.11. The zero-order chi connectivity index (χ0) is 12.7. The van der Waals surface area contributed by atoms with Crippen molar-refractivity contribution in [3.8, 4) is 0 Å². The number of anilines is 1. The summed E-state index contributed by atoms with van der Waals surface area (Å²) >= 11 is 2.20. The van der Waals surface area contributed by atoms with E-state index in [4.69, 9.17) is 5.11 Å². The minimum atomic E-state index is -0.164. The van der Waals surface area contributed by atoms with Crippen molar-refractivity contribution in [2.75, 3.05) is 25.0 Å². The fourth-order valence-corrected chi connectivity index (χ4v) is 2.02. The lowest BCUT2D eigenvalue weighted by Gasteiger charge is -2.21. The molecular formula is C12H17IN2O2. The first-order chi connectivity index (χ1) is 8.17. The standard InChI is InChI=1S/C12H17IN2O2/c1-2-6-15(7-8-16)12(17)14-11-5-3-4-10(13)9-11/h3-5,9,16H,2,6-8H2,1H3,(H,14,17). The van der Waals surface area contributed by atoms with E-state index in [2.05, 4.69) is 27.9 Å². The van der Waals surface area contributed by atoms with Gasteiger partial charge in [0.05, 0.1) is 6.61 Å². The number of benzene rings is 1. The Morgan fingerprint density at radius 3 is 2.82 bits per heavy atom. The average Bonchev–Trinajstić information content (AvgIpc) is 2.28. The summed E-state index contributed by atoms with van der Waals surface area (Å²) in [6, 6.07) is 7.45. The topological polar surface area (TPSA) is 52.6 Å². The third-order valence-electron chi connectivity index (χ3n) is 2.23. The molecule has 0 radical (unpaired) electrons. The van der Waals surface area contributed by atoms with Crippen LogP contribution in [0, 0.1) is 3.57 Å². The fraction of sp³-hybridized carbons (Fsp3) is 0.417. The quantitative estimate of drug-likeness (QED) is 0.804. The molecule has 17 heavy (non-hydrogen) atoms. The molecule has 0 aliphatic heterocycles. The number of nitrogens with zero attached hydrogens (tertiary/aromatic N) is 1. The lowest BCUT2D eigenvalue weighted by Crippen LogP contribution is -2.37. The smallest absolute Gasteiger partial charge is 0.321 e. The van der Waals surface area contributed by atoms with Gasteiger partial charge in [-0.3, -0.25) is 0 Å². The van der Waals surface area contributed by atoms with E-state index in [0.29, 0.717) is 13.1 Å². The van der Waals surface area contributed by atoms with Gasteiger partial charge < -0.3 is 15.3 Å². The number of hydrogen-bond acceptors (Lipinski definition) is 2. The van der Waals surface area contributed by atoms with E-state index in [-0.39, 0.29) is 12.6 Å². The lowest BCUT2D eigenvalue weighted by molar-refractivity contribution is 0.188. The Balaban J connectivity index is 2.62. The zero-order valence-corrected chi connectivity index (χ0v) is 12.0. The van der Waals surface area contributed by atoms with Crippen molar-refractivity contribution in [3.63, 3.8) is 0 Å². The van der Waals surface area contributed by atoms with Gasteiger partial charge in [-0.25, -0.2) is 4.79 Å². The van der Waals surface area contributed by atoms with E-state index in [9.17, 15) is 4.79 Å². The maximum atomic E-state index is 11.9. The molecular weight excluding hydrogens is 331 g/mol. The monoisotopic (exact) mass is 348 g/mol. The van der Waals surface area contributed by atoms with Gasteiger partial charge in [-0.15, -0.1) is 0 Å². The van der Waals surface area contributed by atoms with Gasteiger partial charge in [0.1, 0.15) is 0 Å². The van der Waals surface area contributed by atoms with Crippen molar-refractivity contribution in [1.82, 2.24) is 4.90 Å². The van der Waals surface area contributed by atoms with Gasteiger partial charge in [-0.1, -0.05) is 13.0 Å². The van der Waals surface area contributed by atoms with Gasteiger partial charge in [-0.05, 0) is 47.2 Å². The van der Waals surface area contributed by atoms with E-state index in [1.165, 1.54) is 0 Å². The number of carbonyl (C=O) groups excluding carboxylic acids is 1. The summed E-state index contributed by atoms with van der Waals surface area (Å²) in [6.45, 7) is 3.00. The van der Waals surface area contributed by atoms with E-state index < -0.39 is 0 Å². The van der Waals surface area contributed by atoms with Crippen molar-refractivity contribution >= 4 is 34.3 Å². The zero-order valence-electron chi connectivity index (χ0n) is 9.82. The highest BCUT2D eigenvalue weighted by Crippen LogP contribution is 2.13. The molecule has 0 atom stereocenters. The summed E-state index contributed by atoms with van der Waals surface area (Å²) in [7, 11) is 0. The molecule has 1 rings (SSSR count). The fourth-order valence-electron chi connectivity index (χ4n) is 1.47. The molecule has 1 aromatic rings. The molecule has 0 fully saturated rings. The summed E-state index contributed by atoms with van der Waals surface area (Å²) in [4.78, 5) is 13.5. The van der Waals surface area contributed by atoms with Crippen LogP contribution in [0.25, 0.3) is 0 Å². The molecule has 0 bridgehead atoms. The second kappa shape index (κ2) is 7.50. The maximum Gasteiger partial charge on any atom is 0.321 e. The summed E-state index contributed by atoms with van der Waals surface area (Å²) < 4.78 is 1.07. The van der Waals surface area contributed by atoms with Gasteiger partial charge in [-0.2, -0.15) is 0 Å². The van der Waals surface area contributed by atoms with E-state index in [1.807, 2.05) is 31.2 Å². The van der Waals surface area contributed by atoms with Crippen LogP contribution in [0.4, 0.5) is 10.5 Å². The van der Waals surface area contributed by atoms with Crippen LogP contribution in [-0.2, 0) is 0 Å². The predicted octanol–water partition coefficient (Wildman–Crippen LogP) is 2.53. The second-order valence-corrected chi connectivity index (χ2v) is 4.90. The number of amides is 2. The van der Waals surface area contributed by atoms with Crippen molar-refractivity contribution in [2.45, 2.75) is 13.3 Å². The van der Waals surface area contributed by atoms with Crippen LogP contribution in [0.2, 0.25) is 0 Å². The van der Waals surface area contributed by atoms with Gasteiger partial charge in [0.25, 0.3) is 0 Å². The predicted molar refractivity (Wildman–Crippen MR) is 77.1 cm³/mol. The first-order valence-corrected chi connectivity index (χ1v) is 6.67. The SMILES string of the molecule is CCCN(CCO)C(=O)Nc1cccc(I)c1. The number of aliphatic hydroxyl groups is 1. The molecule has 0 heterocycles. The van der Waals surface area contributed by atoms with Crippen LogP contribution in [0.5, 0.6) is 0 Å². The Hall–Kier alpha value is -0.820. The Kier molecular flexibility index (Phi) is 6.28. The number of carbonyl (C=O) groups is 1. The normalized spacial score (nSPS) is 10.1. The minimum Gasteiger partial charge on any atom is -0.395 e. The molecule has 0 aromatic heterocycles. The first kappa shape index (κ1) is 14.2. The number of nitrogens with one attached hydrogen (secondary N) is 1. The number of halogens is 1. The Morgan fingerprint density at radius 1 is 1.47 bits per heavy atom. The summed E-state index contributed by atoms with van der Waals surface area (Å²) in [5, 5.41) is 11.7. The third kappa shape index (κ3) is 4.91. The molecule has 4 nitrogen and oxygen atoms in total. The van der Waals surface area contributed by atoms with Crippen LogP contribution in [0.15, 0.2) is 24.3 Å². The molecule has 0 aliphatic carbocycles. The first-order valence-electron chi connectivity index (χ1n) is 5.59. The molecule has 2 N–H and O–H groups in total. The number of aliphatic hydroxyl groups excluding tert-OH is 1. The molecule has 5 heteroatoms. The molecule has 0 spiro atoms. The van der Waals surface area contributed by atoms with Crippen LogP contribution < -0.4 is 5.32 Å². The molecule has 0 unspecified atom stereocenters. The second-order valence-electron chi connectivity index (χ2n) is 3.65. The molecule has 0 aliphatic rings. The maximum absolute atomic E-state index is 11.9.